The number of carbonyl (C=O) groups excluding carboxylic acids is 1. The van der Waals surface area contributed by atoms with Crippen molar-refractivity contribution in [3.8, 4) is 0 Å². The maximum Gasteiger partial charge on any atom is 0.386 e. The van der Waals surface area contributed by atoms with Crippen LogP contribution in [0, 0.1) is 5.82 Å². The molecule has 1 saturated heterocycles. The zero-order valence-electron chi connectivity index (χ0n) is 24.6. The number of amides is 1. The molecule has 1 saturated carbocycles. The fourth-order valence-corrected chi connectivity index (χ4v) is 5.64. The minimum atomic E-state index is -4.00. The van der Waals surface area contributed by atoms with Gasteiger partial charge in [0.05, 0.1) is 23.6 Å². The van der Waals surface area contributed by atoms with Crippen molar-refractivity contribution in [2.24, 2.45) is 0 Å². The summed E-state index contributed by atoms with van der Waals surface area (Å²) < 4.78 is 65.5. The van der Waals surface area contributed by atoms with Gasteiger partial charge in [0.1, 0.15) is 23.4 Å². The summed E-state index contributed by atoms with van der Waals surface area (Å²) in [6.07, 6.45) is -2.25. The molecule has 14 heteroatoms. The van der Waals surface area contributed by atoms with Crippen molar-refractivity contribution in [1.29, 1.82) is 0 Å². The molecule has 246 valence electrons. The SMILES string of the molecule is CC(=O)O.CC(F)(F)F.Clc1ccccc1.O=C1COCC(c2ccc(Cl)cc2)N1CCN(c1ccccc1F)S(=O)C1CC1. The smallest absolute Gasteiger partial charge is 0.386 e. The normalized spacial score (nSPS) is 16.5. The highest BCUT2D eigenvalue weighted by Crippen LogP contribution is 2.32. The number of aliphatic carboxylic acids is 1. The molecular weight excluding hydrogens is 659 g/mol. The molecule has 2 fully saturated rings. The molecule has 2 aliphatic rings. The number of para-hydroxylation sites is 1. The molecule has 5 rings (SSSR count). The van der Waals surface area contributed by atoms with E-state index in [2.05, 4.69) is 0 Å². The number of anilines is 1. The number of ether oxygens (including phenoxy) is 1. The molecule has 7 nitrogen and oxygen atoms in total. The van der Waals surface area contributed by atoms with E-state index in [0.717, 1.165) is 30.4 Å². The summed E-state index contributed by atoms with van der Waals surface area (Å²) in [5.74, 6) is -1.38. The molecule has 0 aromatic heterocycles. The summed E-state index contributed by atoms with van der Waals surface area (Å²) in [5, 5.41) is 8.89. The first kappa shape index (κ1) is 38.0. The second-order valence-electron chi connectivity index (χ2n) is 9.79. The van der Waals surface area contributed by atoms with Crippen molar-refractivity contribution >= 4 is 51.8 Å². The average Bonchev–Trinajstić information content (AvgIpc) is 3.81. The van der Waals surface area contributed by atoms with E-state index in [1.54, 1.807) is 39.5 Å². The van der Waals surface area contributed by atoms with Crippen molar-refractivity contribution in [3.05, 3.63) is 100 Å². The second kappa shape index (κ2) is 18.7. The van der Waals surface area contributed by atoms with Crippen LogP contribution < -0.4 is 4.31 Å². The third-order valence-electron chi connectivity index (χ3n) is 5.88. The van der Waals surface area contributed by atoms with Gasteiger partial charge in [-0.25, -0.2) is 8.60 Å². The maximum atomic E-state index is 14.4. The van der Waals surface area contributed by atoms with Crippen molar-refractivity contribution in [2.45, 2.75) is 44.2 Å². The van der Waals surface area contributed by atoms with Crippen LogP contribution in [0.2, 0.25) is 10.0 Å². The minimum Gasteiger partial charge on any atom is -0.481 e. The Kier molecular flexibility index (Phi) is 15.8. The molecule has 0 radical (unpaired) electrons. The third kappa shape index (κ3) is 15.1. The Bertz CT molecular complexity index is 1370. The van der Waals surface area contributed by atoms with Crippen LogP contribution in [0.4, 0.5) is 23.2 Å². The molecule has 1 N–H and O–H groups in total. The molecule has 2 atom stereocenters. The van der Waals surface area contributed by atoms with Crippen molar-refractivity contribution in [3.63, 3.8) is 0 Å². The van der Waals surface area contributed by atoms with Crippen LogP contribution in [-0.4, -0.2) is 63.8 Å². The number of halogens is 6. The standard InChI is InChI=1S/C21H22ClFN2O3S.C6H5Cl.C2H3F3.C2H4O2/c22-16-7-5-15(6-8-16)20-13-28-14-21(26)24(20)11-12-25(29(27)17-9-10-17)19-4-2-1-3-18(19)23;7-6-4-2-1-3-5-6;1-2(3,4)5;1-2(3)4/h1-8,17,20H,9-14H2;1-5H;1H3;1H3,(H,3,4). The number of carboxylic acids is 1. The lowest BCUT2D eigenvalue weighted by molar-refractivity contribution is -0.148. The Labute approximate surface area is 272 Å². The Morgan fingerprint density at radius 2 is 1.51 bits per heavy atom. The second-order valence-corrected chi connectivity index (χ2v) is 12.3. The fourth-order valence-electron chi connectivity index (χ4n) is 3.87. The number of carbonyl (C=O) groups is 2. The molecule has 0 spiro atoms. The number of alkyl halides is 3. The van der Waals surface area contributed by atoms with Crippen LogP contribution in [-0.2, 0) is 25.3 Å². The summed E-state index contributed by atoms with van der Waals surface area (Å²) in [6, 6.07) is 22.8. The number of benzene rings is 3. The Morgan fingerprint density at radius 1 is 1.00 bits per heavy atom. The number of hydrogen-bond acceptors (Lipinski definition) is 4. The summed E-state index contributed by atoms with van der Waals surface area (Å²) in [5.41, 5.74) is 1.23. The molecule has 0 bridgehead atoms. The van der Waals surface area contributed by atoms with E-state index in [1.807, 2.05) is 42.5 Å². The van der Waals surface area contributed by atoms with Crippen molar-refractivity contribution < 1.29 is 41.2 Å². The van der Waals surface area contributed by atoms with E-state index < -0.39 is 28.9 Å². The number of morpholine rings is 1. The van der Waals surface area contributed by atoms with Gasteiger partial charge in [0.15, 0.2) is 0 Å². The number of rotatable bonds is 7. The van der Waals surface area contributed by atoms with E-state index in [1.165, 1.54) is 6.07 Å². The summed E-state index contributed by atoms with van der Waals surface area (Å²) in [6.45, 7) is 2.25. The van der Waals surface area contributed by atoms with Crippen LogP contribution in [0.1, 0.15) is 38.3 Å². The van der Waals surface area contributed by atoms with Gasteiger partial charge < -0.3 is 14.7 Å². The van der Waals surface area contributed by atoms with E-state index in [0.29, 0.717) is 23.9 Å². The predicted molar refractivity (Wildman–Crippen MR) is 168 cm³/mol. The highest BCUT2D eigenvalue weighted by Gasteiger charge is 2.35. The molecule has 45 heavy (non-hydrogen) atoms. The fraction of sp³-hybridized carbons (Fsp3) is 0.355. The van der Waals surface area contributed by atoms with Crippen molar-refractivity contribution in [2.75, 3.05) is 30.6 Å². The Balaban J connectivity index is 0.000000361. The maximum absolute atomic E-state index is 14.4. The van der Waals surface area contributed by atoms with Crippen LogP contribution >= 0.6 is 23.2 Å². The Hall–Kier alpha value is -3.19. The first-order valence-corrected chi connectivity index (χ1v) is 15.6. The van der Waals surface area contributed by atoms with Gasteiger partial charge in [0, 0.05) is 37.0 Å². The van der Waals surface area contributed by atoms with Gasteiger partial charge in [-0.1, -0.05) is 65.7 Å². The van der Waals surface area contributed by atoms with Gasteiger partial charge in [0.2, 0.25) is 5.91 Å². The van der Waals surface area contributed by atoms with Crippen LogP contribution in [0.3, 0.4) is 0 Å². The lowest BCUT2D eigenvalue weighted by Crippen LogP contribution is -2.48. The molecule has 1 aliphatic heterocycles. The van der Waals surface area contributed by atoms with E-state index in [-0.39, 0.29) is 37.3 Å². The van der Waals surface area contributed by atoms with Gasteiger partial charge in [0.25, 0.3) is 5.97 Å². The minimum absolute atomic E-state index is 0.00943. The van der Waals surface area contributed by atoms with Gasteiger partial charge in [-0.05, 0) is 54.8 Å². The summed E-state index contributed by atoms with van der Waals surface area (Å²) >= 11 is 11.5. The summed E-state index contributed by atoms with van der Waals surface area (Å²) in [7, 11) is -1.33. The zero-order valence-corrected chi connectivity index (χ0v) is 26.9. The quantitative estimate of drug-likeness (QED) is 0.256. The van der Waals surface area contributed by atoms with E-state index >= 15 is 0 Å². The third-order valence-corrected chi connectivity index (χ3v) is 8.24. The first-order chi connectivity index (χ1) is 21.2. The number of nitrogens with zero attached hydrogens (tertiary/aromatic N) is 2. The lowest BCUT2D eigenvalue weighted by atomic mass is 10.0. The predicted octanol–water partition coefficient (Wildman–Crippen LogP) is 7.71. The first-order valence-electron chi connectivity index (χ1n) is 13.7. The van der Waals surface area contributed by atoms with Crippen molar-refractivity contribution in [1.82, 2.24) is 4.90 Å². The number of hydrogen-bond donors (Lipinski definition) is 1. The average molecular weight is 694 g/mol. The largest absolute Gasteiger partial charge is 0.481 e. The van der Waals surface area contributed by atoms with Gasteiger partial charge in [-0.15, -0.1) is 0 Å². The van der Waals surface area contributed by atoms with Gasteiger partial charge >= 0.3 is 6.18 Å². The molecule has 1 heterocycles. The Morgan fingerprint density at radius 3 is 2.00 bits per heavy atom. The van der Waals surface area contributed by atoms with Crippen LogP contribution in [0.15, 0.2) is 78.9 Å². The summed E-state index contributed by atoms with van der Waals surface area (Å²) in [4.78, 5) is 23.3. The monoisotopic (exact) mass is 692 g/mol. The molecule has 2 unspecified atom stereocenters. The zero-order chi connectivity index (χ0) is 33.6. The van der Waals surface area contributed by atoms with Gasteiger partial charge in [-0.3, -0.25) is 13.9 Å². The highest BCUT2D eigenvalue weighted by molar-refractivity contribution is 7.87. The van der Waals surface area contributed by atoms with E-state index in [9.17, 15) is 26.6 Å². The molecule has 1 aliphatic carbocycles. The molecule has 1 amide bonds. The van der Waals surface area contributed by atoms with Crippen LogP contribution in [0.5, 0.6) is 0 Å². The number of carboxylic acid groups (broad SMARTS) is 1. The molecule has 3 aromatic rings. The van der Waals surface area contributed by atoms with Gasteiger partial charge in [-0.2, -0.15) is 13.2 Å². The topological polar surface area (TPSA) is 87.1 Å². The van der Waals surface area contributed by atoms with Crippen LogP contribution in [0.25, 0.3) is 0 Å². The molecular formula is C31H34Cl2F4N2O5S. The lowest BCUT2D eigenvalue weighted by Gasteiger charge is -2.37. The molecule has 3 aromatic carbocycles. The highest BCUT2D eigenvalue weighted by atomic mass is 35.5. The van der Waals surface area contributed by atoms with E-state index in [4.69, 9.17) is 37.8 Å².